The topological polar surface area (TPSA) is 40.6 Å². The van der Waals surface area contributed by atoms with Gasteiger partial charge in [-0.25, -0.2) is 0 Å². The number of ether oxygens (including phenoxy) is 1. The molecule has 1 aliphatic heterocycles. The molecule has 96 valence electrons. The number of diazo groups is 1. The molecule has 0 radical (unpaired) electrons. The molecular formula is C14H20N3O+. The van der Waals surface area contributed by atoms with Crippen LogP contribution >= 0.6 is 0 Å². The normalized spacial score (nSPS) is 15.5. The van der Waals surface area contributed by atoms with Crippen molar-refractivity contribution >= 4 is 11.4 Å². The van der Waals surface area contributed by atoms with E-state index in [1.54, 1.807) is 0 Å². The lowest BCUT2D eigenvalue weighted by molar-refractivity contribution is 0.122. The zero-order valence-corrected chi connectivity index (χ0v) is 11.1. The van der Waals surface area contributed by atoms with Crippen LogP contribution in [0.3, 0.4) is 0 Å². The third kappa shape index (κ3) is 2.46. The number of hydrogen-bond donors (Lipinski definition) is 0. The van der Waals surface area contributed by atoms with Crippen LogP contribution in [0.1, 0.15) is 25.0 Å². The first-order valence-corrected chi connectivity index (χ1v) is 6.63. The van der Waals surface area contributed by atoms with Crippen LogP contribution in [-0.4, -0.2) is 26.3 Å². The van der Waals surface area contributed by atoms with Gasteiger partial charge in [-0.2, -0.15) is 0 Å². The van der Waals surface area contributed by atoms with Crippen molar-refractivity contribution in [2.45, 2.75) is 26.7 Å². The van der Waals surface area contributed by atoms with Crippen LogP contribution in [0, 0.1) is 5.39 Å². The summed E-state index contributed by atoms with van der Waals surface area (Å²) in [7, 11) is 0. The standard InChI is InChI=1S/C14H20N3O/c1-3-11-10-14(17-5-7-18-8-6-17)12(4-2)9-13(11)16-15/h9-10H,3-8H2,1-2H3/q+1. The second-order valence-corrected chi connectivity index (χ2v) is 4.52. The number of morpholine rings is 1. The van der Waals surface area contributed by atoms with Gasteiger partial charge in [0.2, 0.25) is 5.39 Å². The van der Waals surface area contributed by atoms with E-state index in [0.717, 1.165) is 44.7 Å². The number of rotatable bonds is 3. The van der Waals surface area contributed by atoms with E-state index in [9.17, 15) is 0 Å². The highest BCUT2D eigenvalue weighted by molar-refractivity contribution is 5.66. The van der Waals surface area contributed by atoms with Crippen LogP contribution < -0.4 is 4.90 Å². The molecule has 0 unspecified atom stereocenters. The second kappa shape index (κ2) is 5.83. The highest BCUT2D eigenvalue weighted by Gasteiger charge is 2.20. The van der Waals surface area contributed by atoms with Gasteiger partial charge in [-0.15, -0.1) is 0 Å². The SMILES string of the molecule is CCc1cc(N2CCOCC2)c(CC)cc1[N+]#N. The molecule has 1 aliphatic rings. The first-order valence-electron chi connectivity index (χ1n) is 6.63. The van der Waals surface area contributed by atoms with E-state index in [-0.39, 0.29) is 0 Å². The summed E-state index contributed by atoms with van der Waals surface area (Å²) in [5.41, 5.74) is 4.30. The number of hydrogen-bond acceptors (Lipinski definition) is 3. The van der Waals surface area contributed by atoms with Crippen LogP contribution in [-0.2, 0) is 17.6 Å². The van der Waals surface area contributed by atoms with Gasteiger partial charge in [0, 0.05) is 30.4 Å². The average molecular weight is 246 g/mol. The predicted octanol–water partition coefficient (Wildman–Crippen LogP) is 3.13. The third-order valence-electron chi connectivity index (χ3n) is 3.50. The molecule has 1 aromatic carbocycles. The number of anilines is 1. The molecule has 0 aromatic heterocycles. The molecular weight excluding hydrogens is 226 g/mol. The van der Waals surface area contributed by atoms with Gasteiger partial charge >= 0.3 is 5.69 Å². The molecule has 0 N–H and O–H groups in total. The number of nitrogens with zero attached hydrogens (tertiary/aromatic N) is 3. The van der Waals surface area contributed by atoms with Gasteiger partial charge < -0.3 is 9.64 Å². The first-order chi connectivity index (χ1) is 8.80. The summed E-state index contributed by atoms with van der Waals surface area (Å²) in [5.74, 6) is 0. The van der Waals surface area contributed by atoms with Crippen molar-refractivity contribution in [2.75, 3.05) is 31.2 Å². The Morgan fingerprint density at radius 2 is 1.83 bits per heavy atom. The van der Waals surface area contributed by atoms with Crippen LogP contribution in [0.2, 0.25) is 0 Å². The van der Waals surface area contributed by atoms with Gasteiger partial charge in [0.25, 0.3) is 0 Å². The van der Waals surface area contributed by atoms with E-state index in [1.807, 2.05) is 6.07 Å². The summed E-state index contributed by atoms with van der Waals surface area (Å²) >= 11 is 0. The Balaban J connectivity index is 2.41. The summed E-state index contributed by atoms with van der Waals surface area (Å²) in [6, 6.07) is 4.17. The highest BCUT2D eigenvalue weighted by atomic mass is 16.5. The van der Waals surface area contributed by atoms with E-state index < -0.39 is 0 Å². The molecule has 0 amide bonds. The smallest absolute Gasteiger partial charge is 0.378 e. The zero-order valence-electron chi connectivity index (χ0n) is 11.1. The van der Waals surface area contributed by atoms with Crippen LogP contribution in [0.15, 0.2) is 12.1 Å². The fraction of sp³-hybridized carbons (Fsp3) is 0.571. The molecule has 1 aromatic rings. The van der Waals surface area contributed by atoms with Gasteiger partial charge in [0.15, 0.2) is 4.98 Å². The molecule has 0 spiro atoms. The lowest BCUT2D eigenvalue weighted by atomic mass is 10.0. The Bertz CT molecular complexity index is 459. The molecule has 4 heteroatoms. The minimum atomic E-state index is 0.700. The first kappa shape index (κ1) is 12.8. The summed E-state index contributed by atoms with van der Waals surface area (Å²) in [5, 5.41) is 9.06. The molecule has 1 fully saturated rings. The predicted molar refractivity (Wildman–Crippen MR) is 73.0 cm³/mol. The molecule has 1 heterocycles. The second-order valence-electron chi connectivity index (χ2n) is 4.52. The monoisotopic (exact) mass is 246 g/mol. The Morgan fingerprint density at radius 3 is 2.39 bits per heavy atom. The van der Waals surface area contributed by atoms with Crippen molar-refractivity contribution in [3.63, 3.8) is 0 Å². The Kier molecular flexibility index (Phi) is 4.16. The maximum absolute atomic E-state index is 9.06. The Hall–Kier alpha value is -1.60. The fourth-order valence-corrected chi connectivity index (χ4v) is 2.42. The summed E-state index contributed by atoms with van der Waals surface area (Å²) in [6.45, 7) is 7.66. The molecule has 0 saturated carbocycles. The van der Waals surface area contributed by atoms with Crippen molar-refractivity contribution < 1.29 is 4.74 Å². The maximum atomic E-state index is 9.06. The minimum Gasteiger partial charge on any atom is -0.378 e. The van der Waals surface area contributed by atoms with Gasteiger partial charge in [0.05, 0.1) is 13.2 Å². The summed E-state index contributed by atoms with van der Waals surface area (Å²) in [6.07, 6.45) is 1.82. The molecule has 2 rings (SSSR count). The van der Waals surface area contributed by atoms with E-state index in [4.69, 9.17) is 10.1 Å². The van der Waals surface area contributed by atoms with Crippen LogP contribution in [0.5, 0.6) is 0 Å². The van der Waals surface area contributed by atoms with Crippen molar-refractivity contribution in [3.05, 3.63) is 28.2 Å². The molecule has 0 atom stereocenters. The van der Waals surface area contributed by atoms with E-state index in [0.29, 0.717) is 5.69 Å². The van der Waals surface area contributed by atoms with Gasteiger partial charge in [-0.3, -0.25) is 0 Å². The Morgan fingerprint density at radius 1 is 1.17 bits per heavy atom. The minimum absolute atomic E-state index is 0.700. The van der Waals surface area contributed by atoms with Gasteiger partial charge in [-0.1, -0.05) is 13.8 Å². The maximum Gasteiger partial charge on any atom is 0.388 e. The van der Waals surface area contributed by atoms with Crippen molar-refractivity contribution in [1.29, 1.82) is 5.39 Å². The lowest BCUT2D eigenvalue weighted by Crippen LogP contribution is -2.36. The van der Waals surface area contributed by atoms with Crippen LogP contribution in [0.25, 0.3) is 4.98 Å². The largest absolute Gasteiger partial charge is 0.388 e. The lowest BCUT2D eigenvalue weighted by Gasteiger charge is -2.30. The summed E-state index contributed by atoms with van der Waals surface area (Å²) in [4.78, 5) is 5.76. The highest BCUT2D eigenvalue weighted by Crippen LogP contribution is 2.31. The van der Waals surface area contributed by atoms with Crippen molar-refractivity contribution in [3.8, 4) is 0 Å². The van der Waals surface area contributed by atoms with E-state index in [2.05, 4.69) is 29.8 Å². The fourth-order valence-electron chi connectivity index (χ4n) is 2.42. The molecule has 1 saturated heterocycles. The van der Waals surface area contributed by atoms with E-state index in [1.165, 1.54) is 11.3 Å². The van der Waals surface area contributed by atoms with Gasteiger partial charge in [-0.05, 0) is 24.5 Å². The van der Waals surface area contributed by atoms with E-state index >= 15 is 0 Å². The Labute approximate surface area is 108 Å². The third-order valence-corrected chi connectivity index (χ3v) is 3.50. The van der Waals surface area contributed by atoms with Crippen LogP contribution in [0.4, 0.5) is 11.4 Å². The summed E-state index contributed by atoms with van der Waals surface area (Å²) < 4.78 is 5.40. The molecule has 0 aliphatic carbocycles. The average Bonchev–Trinajstić information content (AvgIpc) is 2.46. The number of benzene rings is 1. The zero-order chi connectivity index (χ0) is 13.0. The van der Waals surface area contributed by atoms with Gasteiger partial charge in [0.1, 0.15) is 0 Å². The van der Waals surface area contributed by atoms with Crippen molar-refractivity contribution in [1.82, 2.24) is 0 Å². The molecule has 18 heavy (non-hydrogen) atoms. The van der Waals surface area contributed by atoms with Crippen molar-refractivity contribution in [2.24, 2.45) is 0 Å². The molecule has 4 nitrogen and oxygen atoms in total. The number of aryl methyl sites for hydroxylation is 2. The molecule has 0 bridgehead atoms. The quantitative estimate of drug-likeness (QED) is 0.769.